The SMILES string of the molecule is C[C@]12C=CC(N)CC1C=C[C@@H]1[C@H]2CC[C@]2(C)C(O)CC[C@@H]12. The first-order chi connectivity index (χ1) is 9.95. The van der Waals surface area contributed by atoms with Gasteiger partial charge in [-0.1, -0.05) is 38.2 Å². The summed E-state index contributed by atoms with van der Waals surface area (Å²) in [6.45, 7) is 4.79. The first kappa shape index (κ1) is 14.0. The third-order valence-corrected chi connectivity index (χ3v) is 7.67. The number of fused-ring (bicyclic) bond motifs is 5. The summed E-state index contributed by atoms with van der Waals surface area (Å²) in [5.74, 6) is 2.67. The van der Waals surface area contributed by atoms with E-state index in [0.29, 0.717) is 17.8 Å². The molecule has 4 aliphatic rings. The Kier molecular flexibility index (Phi) is 2.97. The van der Waals surface area contributed by atoms with Gasteiger partial charge in [0.2, 0.25) is 0 Å². The molecule has 0 aliphatic heterocycles. The lowest BCUT2D eigenvalue weighted by Crippen LogP contribution is -2.51. The van der Waals surface area contributed by atoms with E-state index >= 15 is 0 Å². The molecule has 0 heterocycles. The van der Waals surface area contributed by atoms with Crippen molar-refractivity contribution in [2.75, 3.05) is 0 Å². The van der Waals surface area contributed by atoms with Crippen molar-refractivity contribution in [3.63, 3.8) is 0 Å². The van der Waals surface area contributed by atoms with Crippen molar-refractivity contribution in [3.8, 4) is 0 Å². The average molecular weight is 287 g/mol. The Morgan fingerprint density at radius 3 is 2.67 bits per heavy atom. The van der Waals surface area contributed by atoms with Crippen LogP contribution in [0.3, 0.4) is 0 Å². The quantitative estimate of drug-likeness (QED) is 0.672. The monoisotopic (exact) mass is 287 g/mol. The standard InChI is InChI=1S/C19H29NO/c1-18-9-7-13(20)11-12(18)3-4-14-15-5-6-17(21)19(15,2)10-8-16(14)18/h3-4,7,9,12-17,21H,5-6,8,10-11,20H2,1-2H3/t12?,13?,14-,15-,16+,17?,18-,19-/m0/s1. The van der Waals surface area contributed by atoms with Gasteiger partial charge in [0.25, 0.3) is 0 Å². The topological polar surface area (TPSA) is 46.2 Å². The van der Waals surface area contributed by atoms with E-state index in [9.17, 15) is 5.11 Å². The smallest absolute Gasteiger partial charge is 0.0596 e. The van der Waals surface area contributed by atoms with Gasteiger partial charge >= 0.3 is 0 Å². The number of nitrogens with two attached hydrogens (primary N) is 1. The van der Waals surface area contributed by atoms with Crippen molar-refractivity contribution < 1.29 is 5.11 Å². The summed E-state index contributed by atoms with van der Waals surface area (Å²) in [5.41, 5.74) is 6.58. The molecular formula is C19H29NO. The maximum atomic E-state index is 10.5. The van der Waals surface area contributed by atoms with Crippen molar-refractivity contribution >= 4 is 0 Å². The lowest BCUT2D eigenvalue weighted by atomic mass is 9.48. The molecule has 8 atom stereocenters. The molecule has 21 heavy (non-hydrogen) atoms. The summed E-state index contributed by atoms with van der Waals surface area (Å²) in [7, 11) is 0. The molecule has 0 aromatic rings. The minimum absolute atomic E-state index is 0.0855. The molecule has 2 saturated carbocycles. The van der Waals surface area contributed by atoms with E-state index in [1.807, 2.05) is 0 Å². The van der Waals surface area contributed by atoms with Gasteiger partial charge in [0, 0.05) is 6.04 Å². The van der Waals surface area contributed by atoms with Crippen LogP contribution in [0.25, 0.3) is 0 Å². The average Bonchev–Trinajstić information content (AvgIpc) is 2.76. The molecule has 0 amide bonds. The highest BCUT2D eigenvalue weighted by Gasteiger charge is 2.58. The normalized spacial score (nSPS) is 58.5. The molecule has 3 unspecified atom stereocenters. The first-order valence-corrected chi connectivity index (χ1v) is 8.76. The predicted molar refractivity (Wildman–Crippen MR) is 85.5 cm³/mol. The fourth-order valence-corrected chi connectivity index (χ4v) is 6.19. The van der Waals surface area contributed by atoms with Gasteiger partial charge in [0.05, 0.1) is 6.10 Å². The van der Waals surface area contributed by atoms with Crippen LogP contribution < -0.4 is 5.73 Å². The van der Waals surface area contributed by atoms with Crippen molar-refractivity contribution in [2.24, 2.45) is 40.2 Å². The van der Waals surface area contributed by atoms with Crippen LogP contribution in [-0.2, 0) is 0 Å². The molecule has 2 fully saturated rings. The van der Waals surface area contributed by atoms with Gasteiger partial charge in [-0.2, -0.15) is 0 Å². The minimum atomic E-state index is -0.0855. The van der Waals surface area contributed by atoms with Gasteiger partial charge in [0.1, 0.15) is 0 Å². The molecule has 0 bridgehead atoms. The zero-order valence-corrected chi connectivity index (χ0v) is 13.3. The molecule has 116 valence electrons. The Morgan fingerprint density at radius 2 is 1.86 bits per heavy atom. The van der Waals surface area contributed by atoms with Crippen LogP contribution >= 0.6 is 0 Å². The maximum Gasteiger partial charge on any atom is 0.0596 e. The first-order valence-electron chi connectivity index (χ1n) is 8.76. The highest BCUT2D eigenvalue weighted by molar-refractivity contribution is 5.24. The number of aliphatic hydroxyl groups is 1. The van der Waals surface area contributed by atoms with Crippen LogP contribution in [0.1, 0.15) is 46.0 Å². The Labute approximate surface area is 128 Å². The number of allylic oxidation sites excluding steroid dienone is 3. The second-order valence-corrected chi connectivity index (χ2v) is 8.54. The molecule has 0 spiro atoms. The van der Waals surface area contributed by atoms with E-state index in [1.54, 1.807) is 0 Å². The number of rotatable bonds is 0. The van der Waals surface area contributed by atoms with Gasteiger partial charge in [-0.3, -0.25) is 0 Å². The fraction of sp³-hybridized carbons (Fsp3) is 0.789. The van der Waals surface area contributed by atoms with Gasteiger partial charge < -0.3 is 10.8 Å². The molecular weight excluding hydrogens is 258 g/mol. The third-order valence-electron chi connectivity index (χ3n) is 7.67. The Morgan fingerprint density at radius 1 is 1.05 bits per heavy atom. The molecule has 0 radical (unpaired) electrons. The maximum absolute atomic E-state index is 10.5. The Bertz CT molecular complexity index is 498. The van der Waals surface area contributed by atoms with Crippen molar-refractivity contribution in [1.82, 2.24) is 0 Å². The second kappa shape index (κ2) is 4.45. The molecule has 2 heteroatoms. The predicted octanol–water partition coefficient (Wildman–Crippen LogP) is 3.27. The molecule has 3 N–H and O–H groups in total. The third kappa shape index (κ3) is 1.78. The summed E-state index contributed by atoms with van der Waals surface area (Å²) in [4.78, 5) is 0. The molecule has 0 saturated heterocycles. The van der Waals surface area contributed by atoms with Crippen LogP contribution in [0, 0.1) is 34.5 Å². The van der Waals surface area contributed by atoms with Gasteiger partial charge in [0.15, 0.2) is 0 Å². The van der Waals surface area contributed by atoms with E-state index in [0.717, 1.165) is 18.8 Å². The van der Waals surface area contributed by atoms with Gasteiger partial charge in [-0.05, 0) is 66.6 Å². The zero-order valence-electron chi connectivity index (χ0n) is 13.3. The fourth-order valence-electron chi connectivity index (χ4n) is 6.19. The van der Waals surface area contributed by atoms with Crippen molar-refractivity contribution in [3.05, 3.63) is 24.3 Å². The van der Waals surface area contributed by atoms with Crippen molar-refractivity contribution in [1.29, 1.82) is 0 Å². The van der Waals surface area contributed by atoms with Crippen LogP contribution in [0.2, 0.25) is 0 Å². The summed E-state index contributed by atoms with van der Waals surface area (Å²) >= 11 is 0. The highest BCUT2D eigenvalue weighted by atomic mass is 16.3. The lowest BCUT2D eigenvalue weighted by molar-refractivity contribution is -0.0552. The summed E-state index contributed by atoms with van der Waals surface area (Å²) in [6, 6.07) is 0.228. The second-order valence-electron chi connectivity index (χ2n) is 8.54. The Balaban J connectivity index is 1.71. The summed E-state index contributed by atoms with van der Waals surface area (Å²) in [6.07, 6.45) is 15.3. The van der Waals surface area contributed by atoms with Gasteiger partial charge in [-0.15, -0.1) is 0 Å². The van der Waals surface area contributed by atoms with E-state index in [-0.39, 0.29) is 23.0 Å². The molecule has 4 rings (SSSR count). The van der Waals surface area contributed by atoms with Crippen LogP contribution in [0.15, 0.2) is 24.3 Å². The number of aliphatic hydroxyl groups excluding tert-OH is 1. The van der Waals surface area contributed by atoms with E-state index in [1.165, 1.54) is 19.3 Å². The zero-order chi connectivity index (χ0) is 14.8. The molecule has 4 aliphatic carbocycles. The number of hydrogen-bond donors (Lipinski definition) is 2. The van der Waals surface area contributed by atoms with E-state index in [2.05, 4.69) is 38.2 Å². The van der Waals surface area contributed by atoms with Crippen LogP contribution in [0.5, 0.6) is 0 Å². The van der Waals surface area contributed by atoms with E-state index < -0.39 is 0 Å². The summed E-state index contributed by atoms with van der Waals surface area (Å²) < 4.78 is 0. The Hall–Kier alpha value is -0.600. The van der Waals surface area contributed by atoms with Gasteiger partial charge in [-0.25, -0.2) is 0 Å². The minimum Gasteiger partial charge on any atom is -0.393 e. The molecule has 2 nitrogen and oxygen atoms in total. The highest BCUT2D eigenvalue weighted by Crippen LogP contribution is 2.63. The largest absolute Gasteiger partial charge is 0.393 e. The lowest BCUT2D eigenvalue weighted by Gasteiger charge is -2.56. The molecule has 0 aromatic heterocycles. The number of hydrogen-bond acceptors (Lipinski definition) is 2. The summed E-state index contributed by atoms with van der Waals surface area (Å²) in [5, 5.41) is 10.5. The van der Waals surface area contributed by atoms with Crippen LogP contribution in [0.4, 0.5) is 0 Å². The van der Waals surface area contributed by atoms with Crippen molar-refractivity contribution in [2.45, 2.75) is 58.1 Å². The van der Waals surface area contributed by atoms with Crippen LogP contribution in [-0.4, -0.2) is 17.3 Å². The van der Waals surface area contributed by atoms with E-state index in [4.69, 9.17) is 5.73 Å². The molecule has 0 aromatic carbocycles.